The number of carbonyl (C=O) groups is 1. The molecular formula is C22H17Cl2N3OS. The number of pyridine rings is 1. The number of halogens is 2. The van der Waals surface area contributed by atoms with Gasteiger partial charge >= 0.3 is 0 Å². The molecule has 1 amide bonds. The molecule has 0 fully saturated rings. The Hall–Kier alpha value is -2.47. The minimum atomic E-state index is -0.266. The Balaban J connectivity index is 1.79. The van der Waals surface area contributed by atoms with Gasteiger partial charge in [-0.25, -0.2) is 4.98 Å². The maximum atomic E-state index is 13.4. The Kier molecular flexibility index (Phi) is 5.81. The van der Waals surface area contributed by atoms with Gasteiger partial charge in [0.05, 0.1) is 33.0 Å². The zero-order valence-electron chi connectivity index (χ0n) is 15.6. The minimum absolute atomic E-state index is 0.266. The topological polar surface area (TPSA) is 46.1 Å². The first-order valence-electron chi connectivity index (χ1n) is 9.11. The standard InChI is InChI=1S/C22H17Cl2N3OS/c1-2-14-6-9-19-20(11-14)29-22(26-19)27(13-16-5-3-4-10-25-16)21(28)17-12-15(23)7-8-18(17)24/h3-12H,2,13H2,1H3. The smallest absolute Gasteiger partial charge is 0.262 e. The Morgan fingerprint density at radius 1 is 1.10 bits per heavy atom. The molecule has 0 atom stereocenters. The highest BCUT2D eigenvalue weighted by Crippen LogP contribution is 2.33. The summed E-state index contributed by atoms with van der Waals surface area (Å²) < 4.78 is 1.04. The van der Waals surface area contributed by atoms with Crippen LogP contribution in [0.2, 0.25) is 10.0 Å². The van der Waals surface area contributed by atoms with Crippen LogP contribution in [0.4, 0.5) is 5.13 Å². The number of amides is 1. The third kappa shape index (κ3) is 4.27. The van der Waals surface area contributed by atoms with Gasteiger partial charge in [0.2, 0.25) is 0 Å². The lowest BCUT2D eigenvalue weighted by Gasteiger charge is -2.20. The second-order valence-electron chi connectivity index (χ2n) is 6.49. The van der Waals surface area contributed by atoms with Crippen molar-refractivity contribution in [3.05, 3.63) is 87.7 Å². The van der Waals surface area contributed by atoms with Crippen molar-refractivity contribution in [3.63, 3.8) is 0 Å². The molecule has 0 unspecified atom stereocenters. The second-order valence-corrected chi connectivity index (χ2v) is 8.34. The zero-order valence-corrected chi connectivity index (χ0v) is 17.9. The van der Waals surface area contributed by atoms with Gasteiger partial charge in [-0.05, 0) is 54.4 Å². The van der Waals surface area contributed by atoms with Crippen LogP contribution in [0.3, 0.4) is 0 Å². The van der Waals surface area contributed by atoms with Crippen LogP contribution >= 0.6 is 34.5 Å². The number of aromatic nitrogens is 2. The summed E-state index contributed by atoms with van der Waals surface area (Å²) in [5, 5.41) is 1.40. The summed E-state index contributed by atoms with van der Waals surface area (Å²) in [5.74, 6) is -0.266. The largest absolute Gasteiger partial charge is 0.278 e. The molecule has 0 N–H and O–H groups in total. The molecule has 0 saturated heterocycles. The molecule has 0 radical (unpaired) electrons. The normalized spacial score (nSPS) is 11.0. The Morgan fingerprint density at radius 3 is 2.72 bits per heavy atom. The van der Waals surface area contributed by atoms with Crippen LogP contribution in [0.5, 0.6) is 0 Å². The number of hydrogen-bond acceptors (Lipinski definition) is 4. The third-order valence-corrected chi connectivity index (χ3v) is 6.14. The van der Waals surface area contributed by atoms with E-state index in [4.69, 9.17) is 28.2 Å². The lowest BCUT2D eigenvalue weighted by molar-refractivity contribution is 0.0985. The van der Waals surface area contributed by atoms with Crippen molar-refractivity contribution in [2.24, 2.45) is 0 Å². The van der Waals surface area contributed by atoms with E-state index in [2.05, 4.69) is 24.0 Å². The molecule has 0 aliphatic heterocycles. The summed E-state index contributed by atoms with van der Waals surface area (Å²) >= 11 is 13.9. The molecule has 7 heteroatoms. The fourth-order valence-corrected chi connectivity index (χ4v) is 4.38. The summed E-state index contributed by atoms with van der Waals surface area (Å²) in [6.07, 6.45) is 2.65. The zero-order chi connectivity index (χ0) is 20.4. The van der Waals surface area contributed by atoms with Gasteiger partial charge in [-0.1, -0.05) is 53.6 Å². The van der Waals surface area contributed by atoms with Gasteiger partial charge in [0.25, 0.3) is 5.91 Å². The molecule has 2 heterocycles. The maximum Gasteiger partial charge on any atom is 0.262 e. The Labute approximate surface area is 182 Å². The average Bonchev–Trinajstić information content (AvgIpc) is 3.16. The van der Waals surface area contributed by atoms with Crippen LogP contribution in [0.25, 0.3) is 10.2 Å². The van der Waals surface area contributed by atoms with Crippen molar-refractivity contribution in [1.29, 1.82) is 0 Å². The lowest BCUT2D eigenvalue weighted by Crippen LogP contribution is -2.31. The van der Waals surface area contributed by atoms with E-state index < -0.39 is 0 Å². The quantitative estimate of drug-likeness (QED) is 0.359. The number of thiazole rings is 1. The molecule has 0 aliphatic rings. The van der Waals surface area contributed by atoms with Crippen LogP contribution in [0.15, 0.2) is 60.8 Å². The maximum absolute atomic E-state index is 13.4. The van der Waals surface area contributed by atoms with Crippen molar-refractivity contribution in [1.82, 2.24) is 9.97 Å². The summed E-state index contributed by atoms with van der Waals surface area (Å²) in [4.78, 5) is 24.1. The molecule has 146 valence electrons. The van der Waals surface area contributed by atoms with Gasteiger partial charge in [0.15, 0.2) is 5.13 Å². The Bertz CT molecular complexity index is 1180. The Morgan fingerprint density at radius 2 is 1.97 bits per heavy atom. The predicted octanol–water partition coefficient (Wildman–Crippen LogP) is 6.41. The average molecular weight is 442 g/mol. The molecule has 4 rings (SSSR count). The first-order chi connectivity index (χ1) is 14.0. The van der Waals surface area contributed by atoms with Crippen molar-refractivity contribution in [2.45, 2.75) is 19.9 Å². The molecule has 0 aliphatic carbocycles. The molecular weight excluding hydrogens is 425 g/mol. The van der Waals surface area contributed by atoms with Gasteiger partial charge in [-0.3, -0.25) is 14.7 Å². The number of fused-ring (bicyclic) bond motifs is 1. The van der Waals surface area contributed by atoms with Gasteiger partial charge in [0.1, 0.15) is 0 Å². The van der Waals surface area contributed by atoms with E-state index in [0.717, 1.165) is 22.3 Å². The van der Waals surface area contributed by atoms with Gasteiger partial charge in [-0.15, -0.1) is 0 Å². The lowest BCUT2D eigenvalue weighted by atomic mass is 10.2. The van der Waals surface area contributed by atoms with E-state index in [1.165, 1.54) is 16.9 Å². The molecule has 4 aromatic rings. The highest BCUT2D eigenvalue weighted by molar-refractivity contribution is 7.22. The van der Waals surface area contributed by atoms with E-state index in [-0.39, 0.29) is 12.5 Å². The summed E-state index contributed by atoms with van der Waals surface area (Å²) in [5.41, 5.74) is 3.18. The van der Waals surface area contributed by atoms with E-state index in [1.807, 2.05) is 24.3 Å². The summed E-state index contributed by atoms with van der Waals surface area (Å²) in [6.45, 7) is 2.39. The van der Waals surface area contributed by atoms with E-state index >= 15 is 0 Å². The number of anilines is 1. The van der Waals surface area contributed by atoms with Crippen LogP contribution in [0.1, 0.15) is 28.5 Å². The van der Waals surface area contributed by atoms with Gasteiger partial charge in [0, 0.05) is 11.2 Å². The monoisotopic (exact) mass is 441 g/mol. The predicted molar refractivity (Wildman–Crippen MR) is 120 cm³/mol. The minimum Gasteiger partial charge on any atom is -0.278 e. The third-order valence-electron chi connectivity index (χ3n) is 4.53. The molecule has 2 aromatic carbocycles. The van der Waals surface area contributed by atoms with E-state index in [0.29, 0.717) is 20.7 Å². The van der Waals surface area contributed by atoms with Crippen molar-refractivity contribution in [2.75, 3.05) is 4.90 Å². The number of aryl methyl sites for hydroxylation is 1. The SMILES string of the molecule is CCc1ccc2nc(N(Cc3ccccn3)C(=O)c3cc(Cl)ccc3Cl)sc2c1. The van der Waals surface area contributed by atoms with Crippen LogP contribution in [-0.2, 0) is 13.0 Å². The van der Waals surface area contributed by atoms with Crippen molar-refractivity contribution < 1.29 is 4.79 Å². The molecule has 29 heavy (non-hydrogen) atoms. The molecule has 0 spiro atoms. The van der Waals surface area contributed by atoms with Gasteiger partial charge < -0.3 is 0 Å². The number of nitrogens with zero attached hydrogens (tertiary/aromatic N) is 3. The fraction of sp³-hybridized carbons (Fsp3) is 0.136. The number of hydrogen-bond donors (Lipinski definition) is 0. The number of carbonyl (C=O) groups excluding carboxylic acids is 1. The van der Waals surface area contributed by atoms with Crippen LogP contribution in [-0.4, -0.2) is 15.9 Å². The van der Waals surface area contributed by atoms with Crippen LogP contribution < -0.4 is 4.90 Å². The van der Waals surface area contributed by atoms with E-state index in [9.17, 15) is 4.79 Å². The summed E-state index contributed by atoms with van der Waals surface area (Å²) in [6, 6.07) is 16.6. The first-order valence-corrected chi connectivity index (χ1v) is 10.7. The second kappa shape index (κ2) is 8.49. The molecule has 2 aromatic heterocycles. The van der Waals surface area contributed by atoms with Gasteiger partial charge in [-0.2, -0.15) is 0 Å². The number of benzene rings is 2. The van der Waals surface area contributed by atoms with Crippen molar-refractivity contribution >= 4 is 55.8 Å². The molecule has 0 saturated carbocycles. The highest BCUT2D eigenvalue weighted by atomic mass is 35.5. The van der Waals surface area contributed by atoms with E-state index in [1.54, 1.807) is 29.3 Å². The van der Waals surface area contributed by atoms with Crippen molar-refractivity contribution in [3.8, 4) is 0 Å². The van der Waals surface area contributed by atoms with Crippen LogP contribution in [0, 0.1) is 0 Å². The summed E-state index contributed by atoms with van der Waals surface area (Å²) in [7, 11) is 0. The molecule has 4 nitrogen and oxygen atoms in total. The molecule has 0 bridgehead atoms. The highest BCUT2D eigenvalue weighted by Gasteiger charge is 2.24. The first kappa shape index (κ1) is 19.8. The fourth-order valence-electron chi connectivity index (χ4n) is 2.98. The number of rotatable bonds is 5.